The van der Waals surface area contributed by atoms with Crippen molar-refractivity contribution >= 4 is 17.4 Å². The molecule has 0 spiro atoms. The van der Waals surface area contributed by atoms with E-state index in [1.165, 1.54) is 6.42 Å². The summed E-state index contributed by atoms with van der Waals surface area (Å²) in [4.78, 5) is 15.8. The Balaban J connectivity index is 1.48. The predicted octanol–water partition coefficient (Wildman–Crippen LogP) is 3.21. The standard InChI is InChI=1S/C18H22F3N3O2/c19-18(20,21)17(26)7-8-23(11-17)16(25)22-14-3-1-2-4-15(14)24-10-12-5-6-13(24)9-12/h1-4,12-13,26H,5-11H2,(H,22,25). The van der Waals surface area contributed by atoms with Gasteiger partial charge in [0.25, 0.3) is 0 Å². The van der Waals surface area contributed by atoms with Gasteiger partial charge in [0.05, 0.1) is 17.9 Å². The van der Waals surface area contributed by atoms with Crippen molar-refractivity contribution in [3.63, 3.8) is 0 Å². The van der Waals surface area contributed by atoms with Gasteiger partial charge in [-0.05, 0) is 37.3 Å². The molecule has 4 rings (SSSR count). The second kappa shape index (κ2) is 6.04. The highest BCUT2D eigenvalue weighted by atomic mass is 19.4. The number of piperidine rings is 1. The van der Waals surface area contributed by atoms with Gasteiger partial charge in [0.15, 0.2) is 5.60 Å². The third-order valence-corrected chi connectivity index (χ3v) is 5.93. The number of likely N-dealkylation sites (tertiary alicyclic amines) is 1. The summed E-state index contributed by atoms with van der Waals surface area (Å²) in [7, 11) is 0. The molecule has 2 amide bonds. The molecule has 3 unspecified atom stereocenters. The number of carbonyl (C=O) groups excluding carboxylic acids is 1. The molecule has 1 saturated carbocycles. The van der Waals surface area contributed by atoms with E-state index in [9.17, 15) is 23.1 Å². The highest BCUT2D eigenvalue weighted by molar-refractivity contribution is 5.93. The molecular formula is C18H22F3N3O2. The number of alkyl halides is 3. The first kappa shape index (κ1) is 17.5. The van der Waals surface area contributed by atoms with Gasteiger partial charge in [-0.3, -0.25) is 0 Å². The number of fused-ring (bicyclic) bond motifs is 2. The van der Waals surface area contributed by atoms with Crippen LogP contribution in [-0.4, -0.2) is 53.5 Å². The Bertz CT molecular complexity index is 711. The molecule has 2 N–H and O–H groups in total. The zero-order chi connectivity index (χ0) is 18.5. The molecule has 2 saturated heterocycles. The molecule has 26 heavy (non-hydrogen) atoms. The van der Waals surface area contributed by atoms with E-state index in [1.807, 2.05) is 12.1 Å². The summed E-state index contributed by atoms with van der Waals surface area (Å²) in [6.07, 6.45) is -1.71. The SMILES string of the molecule is O=C(Nc1ccccc1N1CC2CCC1C2)N1CCC(O)(C(F)(F)F)C1. The van der Waals surface area contributed by atoms with Gasteiger partial charge in [0.2, 0.25) is 0 Å². The number of hydrogen-bond acceptors (Lipinski definition) is 3. The molecule has 1 aromatic rings. The Labute approximate surface area is 149 Å². The minimum Gasteiger partial charge on any atom is -0.379 e. The zero-order valence-electron chi connectivity index (χ0n) is 14.3. The summed E-state index contributed by atoms with van der Waals surface area (Å²) in [5.41, 5.74) is -1.30. The lowest BCUT2D eigenvalue weighted by Crippen LogP contribution is -2.48. The maximum Gasteiger partial charge on any atom is 0.419 e. The van der Waals surface area contributed by atoms with Crippen LogP contribution in [0.15, 0.2) is 24.3 Å². The minimum absolute atomic E-state index is 0.127. The van der Waals surface area contributed by atoms with E-state index in [4.69, 9.17) is 0 Å². The van der Waals surface area contributed by atoms with Crippen LogP contribution in [0.25, 0.3) is 0 Å². The van der Waals surface area contributed by atoms with E-state index >= 15 is 0 Å². The molecular weight excluding hydrogens is 347 g/mol. The molecule has 1 aromatic carbocycles. The van der Waals surface area contributed by atoms with Gasteiger partial charge in [0, 0.05) is 25.6 Å². The van der Waals surface area contributed by atoms with E-state index in [0.29, 0.717) is 17.6 Å². The number of aliphatic hydroxyl groups is 1. The van der Waals surface area contributed by atoms with Crippen molar-refractivity contribution in [2.24, 2.45) is 5.92 Å². The first-order valence-electron chi connectivity index (χ1n) is 8.97. The van der Waals surface area contributed by atoms with Gasteiger partial charge >= 0.3 is 12.2 Å². The smallest absolute Gasteiger partial charge is 0.379 e. The van der Waals surface area contributed by atoms with Crippen LogP contribution < -0.4 is 10.2 Å². The van der Waals surface area contributed by atoms with E-state index in [-0.39, 0.29) is 6.54 Å². The molecule has 2 bridgehead atoms. The molecule has 142 valence electrons. The minimum atomic E-state index is -4.74. The lowest BCUT2D eigenvalue weighted by Gasteiger charge is -2.31. The van der Waals surface area contributed by atoms with Crippen molar-refractivity contribution in [2.45, 2.75) is 43.5 Å². The van der Waals surface area contributed by atoms with Gasteiger partial charge in [-0.2, -0.15) is 13.2 Å². The predicted molar refractivity (Wildman–Crippen MR) is 91.1 cm³/mol. The summed E-state index contributed by atoms with van der Waals surface area (Å²) in [5, 5.41) is 12.5. The maximum atomic E-state index is 12.9. The Kier molecular flexibility index (Phi) is 4.06. The van der Waals surface area contributed by atoms with Crippen LogP contribution in [0.5, 0.6) is 0 Å². The molecule has 3 aliphatic rings. The quantitative estimate of drug-likeness (QED) is 0.842. The van der Waals surface area contributed by atoms with Crippen LogP contribution in [-0.2, 0) is 0 Å². The summed E-state index contributed by atoms with van der Waals surface area (Å²) in [6, 6.07) is 7.26. The number of amides is 2. The molecule has 0 aromatic heterocycles. The number of hydrogen-bond donors (Lipinski definition) is 2. The van der Waals surface area contributed by atoms with E-state index in [1.54, 1.807) is 12.1 Å². The fraction of sp³-hybridized carbons (Fsp3) is 0.611. The number of benzene rings is 1. The van der Waals surface area contributed by atoms with Crippen molar-refractivity contribution in [2.75, 3.05) is 29.9 Å². The highest BCUT2D eigenvalue weighted by Crippen LogP contribution is 2.43. The Morgan fingerprint density at radius 3 is 2.65 bits per heavy atom. The number of anilines is 2. The van der Waals surface area contributed by atoms with Crippen molar-refractivity contribution in [1.29, 1.82) is 0 Å². The second-order valence-corrected chi connectivity index (χ2v) is 7.63. The van der Waals surface area contributed by atoms with E-state index in [0.717, 1.165) is 30.0 Å². The van der Waals surface area contributed by atoms with Crippen LogP contribution in [0.3, 0.4) is 0 Å². The monoisotopic (exact) mass is 369 g/mol. The van der Waals surface area contributed by atoms with Crippen molar-refractivity contribution in [3.8, 4) is 0 Å². The fourth-order valence-electron chi connectivity index (χ4n) is 4.44. The number of β-amino-alcohol motifs (C(OH)–C–C–N with tert-alkyl or cyclic N) is 1. The number of rotatable bonds is 2. The largest absolute Gasteiger partial charge is 0.419 e. The Morgan fingerprint density at radius 1 is 1.27 bits per heavy atom. The number of urea groups is 1. The van der Waals surface area contributed by atoms with Crippen molar-refractivity contribution < 1.29 is 23.1 Å². The van der Waals surface area contributed by atoms with Gasteiger partial charge in [-0.15, -0.1) is 0 Å². The van der Waals surface area contributed by atoms with Gasteiger partial charge in [0.1, 0.15) is 0 Å². The third-order valence-electron chi connectivity index (χ3n) is 5.93. The summed E-state index contributed by atoms with van der Waals surface area (Å²) < 4.78 is 38.8. The van der Waals surface area contributed by atoms with Crippen LogP contribution >= 0.6 is 0 Å². The highest BCUT2D eigenvalue weighted by Gasteiger charge is 2.57. The molecule has 0 radical (unpaired) electrons. The molecule has 2 heterocycles. The van der Waals surface area contributed by atoms with E-state index < -0.39 is 30.8 Å². The number of carbonyl (C=O) groups is 1. The zero-order valence-corrected chi connectivity index (χ0v) is 14.3. The molecule has 3 fully saturated rings. The summed E-state index contributed by atoms with van der Waals surface area (Å²) >= 11 is 0. The first-order chi connectivity index (χ1) is 12.3. The third kappa shape index (κ3) is 2.90. The number of para-hydroxylation sites is 2. The average molecular weight is 369 g/mol. The van der Waals surface area contributed by atoms with Gasteiger partial charge in [-0.25, -0.2) is 4.79 Å². The number of nitrogens with one attached hydrogen (secondary N) is 1. The lowest BCUT2D eigenvalue weighted by molar-refractivity contribution is -0.253. The maximum absolute atomic E-state index is 12.9. The Hall–Kier alpha value is -1.96. The fourth-order valence-corrected chi connectivity index (χ4v) is 4.44. The number of halogens is 3. The number of nitrogens with zero attached hydrogens (tertiary/aromatic N) is 2. The van der Waals surface area contributed by atoms with Crippen molar-refractivity contribution in [3.05, 3.63) is 24.3 Å². The first-order valence-corrected chi connectivity index (χ1v) is 8.97. The van der Waals surface area contributed by atoms with Crippen LogP contribution in [0.4, 0.5) is 29.3 Å². The van der Waals surface area contributed by atoms with Gasteiger partial charge in [-0.1, -0.05) is 12.1 Å². The van der Waals surface area contributed by atoms with Crippen LogP contribution in [0.2, 0.25) is 0 Å². The topological polar surface area (TPSA) is 55.8 Å². The van der Waals surface area contributed by atoms with Crippen LogP contribution in [0, 0.1) is 5.92 Å². The average Bonchev–Trinajstić information content (AvgIpc) is 3.30. The van der Waals surface area contributed by atoms with Gasteiger partial charge < -0.3 is 20.2 Å². The second-order valence-electron chi connectivity index (χ2n) is 7.63. The molecule has 2 aliphatic heterocycles. The lowest BCUT2D eigenvalue weighted by atomic mass is 10.0. The Morgan fingerprint density at radius 2 is 2.04 bits per heavy atom. The molecule has 1 aliphatic carbocycles. The normalized spacial score (nSPS) is 30.9. The van der Waals surface area contributed by atoms with E-state index in [2.05, 4.69) is 10.2 Å². The van der Waals surface area contributed by atoms with Crippen molar-refractivity contribution in [1.82, 2.24) is 4.90 Å². The molecule has 3 atom stereocenters. The summed E-state index contributed by atoms with van der Waals surface area (Å²) in [6.45, 7) is 0.0897. The molecule has 8 heteroatoms. The summed E-state index contributed by atoms with van der Waals surface area (Å²) in [5.74, 6) is 0.684. The van der Waals surface area contributed by atoms with Crippen LogP contribution in [0.1, 0.15) is 25.7 Å². The molecule has 5 nitrogen and oxygen atoms in total.